The number of carboxylic acid groups (broad SMARTS) is 2. The second kappa shape index (κ2) is 16.2. The first-order valence-electron chi connectivity index (χ1n) is 12.4. The third kappa shape index (κ3) is 12.0. The van der Waals surface area contributed by atoms with Crippen molar-refractivity contribution in [3.05, 3.63) is 29.8 Å². The number of hydrogen-bond donors (Lipinski definition) is 8. The molecular formula is C25H39N5O8. The van der Waals surface area contributed by atoms with Gasteiger partial charge in [-0.3, -0.25) is 19.2 Å². The van der Waals surface area contributed by atoms with Gasteiger partial charge in [-0.05, 0) is 49.4 Å². The molecule has 0 heterocycles. The van der Waals surface area contributed by atoms with Gasteiger partial charge in [0.2, 0.25) is 17.7 Å². The molecule has 10 N–H and O–H groups in total. The Hall–Kier alpha value is -3.71. The van der Waals surface area contributed by atoms with Gasteiger partial charge in [0.25, 0.3) is 0 Å². The smallest absolute Gasteiger partial charge is 0.326 e. The highest BCUT2D eigenvalue weighted by Crippen LogP contribution is 2.13. The standard InChI is InChI=1S/C25H39N5O8/c1-14(2)11-20(25(37)38)30-23(35)18(12-15-6-8-16(31)9-7-15)29-24(36)19(13-21(32)33)28-22(34)17(27)5-3-4-10-26/h6-9,14,17-20,31H,3-5,10-13,26-27H2,1-2H3,(H,28,34)(H,29,36)(H,30,35)(H,32,33)(H,37,38). The number of carboxylic acids is 2. The number of carbonyl (C=O) groups is 5. The number of phenolic OH excluding ortho intramolecular Hbond substituents is 1. The molecule has 1 aromatic rings. The molecule has 0 spiro atoms. The van der Waals surface area contributed by atoms with E-state index in [4.69, 9.17) is 11.5 Å². The normalized spacial score (nSPS) is 14.1. The molecule has 0 aliphatic heterocycles. The summed E-state index contributed by atoms with van der Waals surface area (Å²) in [5.74, 6) is -5.18. The van der Waals surface area contributed by atoms with Crippen molar-refractivity contribution in [1.82, 2.24) is 16.0 Å². The molecule has 4 unspecified atom stereocenters. The van der Waals surface area contributed by atoms with Crippen LogP contribution in [0, 0.1) is 5.92 Å². The van der Waals surface area contributed by atoms with E-state index in [2.05, 4.69) is 16.0 Å². The van der Waals surface area contributed by atoms with E-state index in [1.807, 2.05) is 0 Å². The molecule has 0 aliphatic carbocycles. The molecule has 0 radical (unpaired) electrons. The monoisotopic (exact) mass is 537 g/mol. The van der Waals surface area contributed by atoms with Gasteiger partial charge in [0.15, 0.2) is 0 Å². The van der Waals surface area contributed by atoms with E-state index in [1.165, 1.54) is 24.3 Å². The van der Waals surface area contributed by atoms with Gasteiger partial charge in [-0.25, -0.2) is 4.79 Å². The van der Waals surface area contributed by atoms with Gasteiger partial charge in [0.1, 0.15) is 23.9 Å². The van der Waals surface area contributed by atoms with Crippen LogP contribution in [0.1, 0.15) is 51.5 Å². The summed E-state index contributed by atoms with van der Waals surface area (Å²) in [4.78, 5) is 61.7. The van der Waals surface area contributed by atoms with Gasteiger partial charge in [-0.1, -0.05) is 32.4 Å². The van der Waals surface area contributed by atoms with Crippen LogP contribution in [0.3, 0.4) is 0 Å². The fourth-order valence-electron chi connectivity index (χ4n) is 3.62. The van der Waals surface area contributed by atoms with E-state index < -0.39 is 60.2 Å². The number of rotatable bonds is 17. The third-order valence-electron chi connectivity index (χ3n) is 5.65. The number of nitrogens with one attached hydrogen (secondary N) is 3. The van der Waals surface area contributed by atoms with Crippen LogP contribution in [-0.4, -0.2) is 75.7 Å². The Bertz CT molecular complexity index is 954. The molecule has 212 valence electrons. The van der Waals surface area contributed by atoms with Crippen LogP contribution in [0.2, 0.25) is 0 Å². The van der Waals surface area contributed by atoms with Crippen molar-refractivity contribution >= 4 is 29.7 Å². The van der Waals surface area contributed by atoms with Crippen LogP contribution < -0.4 is 27.4 Å². The Morgan fingerprint density at radius 2 is 1.39 bits per heavy atom. The summed E-state index contributed by atoms with van der Waals surface area (Å²) in [6.45, 7) is 4.00. The average molecular weight is 538 g/mol. The minimum absolute atomic E-state index is 0.0197. The number of aliphatic carboxylic acids is 2. The molecule has 0 aliphatic rings. The SMILES string of the molecule is CC(C)CC(NC(=O)C(Cc1ccc(O)cc1)NC(=O)C(CC(=O)O)NC(=O)C(N)CCCCN)C(=O)O. The second-order valence-corrected chi connectivity index (χ2v) is 9.51. The first-order valence-corrected chi connectivity index (χ1v) is 12.4. The predicted molar refractivity (Wildman–Crippen MR) is 138 cm³/mol. The zero-order chi connectivity index (χ0) is 28.8. The van der Waals surface area contributed by atoms with Crippen LogP contribution in [0.5, 0.6) is 5.75 Å². The molecule has 1 rings (SSSR count). The summed E-state index contributed by atoms with van der Waals surface area (Å²) in [6.07, 6.45) is 0.756. The lowest BCUT2D eigenvalue weighted by atomic mass is 10.0. The number of carbonyl (C=O) groups excluding carboxylic acids is 3. The Kier molecular flexibility index (Phi) is 13.8. The fraction of sp³-hybridized carbons (Fsp3) is 0.560. The number of phenols is 1. The van der Waals surface area contributed by atoms with Crippen molar-refractivity contribution in [1.29, 1.82) is 0 Å². The summed E-state index contributed by atoms with van der Waals surface area (Å²) in [5.41, 5.74) is 11.8. The summed E-state index contributed by atoms with van der Waals surface area (Å²) in [6, 6.07) is 0.726. The molecule has 13 nitrogen and oxygen atoms in total. The number of hydrogen-bond acceptors (Lipinski definition) is 8. The number of aromatic hydroxyl groups is 1. The summed E-state index contributed by atoms with van der Waals surface area (Å²) >= 11 is 0. The van der Waals surface area contributed by atoms with Crippen LogP contribution in [0.25, 0.3) is 0 Å². The van der Waals surface area contributed by atoms with Gasteiger partial charge in [0, 0.05) is 6.42 Å². The molecular weight excluding hydrogens is 498 g/mol. The first-order chi connectivity index (χ1) is 17.8. The van der Waals surface area contributed by atoms with Crippen LogP contribution in [0.4, 0.5) is 0 Å². The quantitative estimate of drug-likeness (QED) is 0.118. The molecule has 1 aromatic carbocycles. The number of unbranched alkanes of at least 4 members (excludes halogenated alkanes) is 1. The molecule has 4 atom stereocenters. The maximum Gasteiger partial charge on any atom is 0.326 e. The third-order valence-corrected chi connectivity index (χ3v) is 5.65. The van der Waals surface area contributed by atoms with Gasteiger partial charge >= 0.3 is 11.9 Å². The lowest BCUT2D eigenvalue weighted by Gasteiger charge is -2.25. The highest BCUT2D eigenvalue weighted by atomic mass is 16.4. The summed E-state index contributed by atoms with van der Waals surface area (Å²) in [5, 5.41) is 35.5. The molecule has 3 amide bonds. The highest BCUT2D eigenvalue weighted by molar-refractivity contribution is 5.95. The van der Waals surface area contributed by atoms with Crippen LogP contribution in [0.15, 0.2) is 24.3 Å². The van der Waals surface area contributed by atoms with Crippen LogP contribution >= 0.6 is 0 Å². The molecule has 13 heteroatoms. The lowest BCUT2D eigenvalue weighted by molar-refractivity contribution is -0.143. The number of benzene rings is 1. The summed E-state index contributed by atoms with van der Waals surface area (Å²) in [7, 11) is 0. The Morgan fingerprint density at radius 1 is 0.842 bits per heavy atom. The van der Waals surface area contributed by atoms with Gasteiger partial charge in [0.05, 0.1) is 12.5 Å². The maximum absolute atomic E-state index is 13.1. The van der Waals surface area contributed by atoms with E-state index in [-0.39, 0.29) is 30.9 Å². The first kappa shape index (κ1) is 32.3. The lowest BCUT2D eigenvalue weighted by Crippen LogP contribution is -2.58. The van der Waals surface area contributed by atoms with Crippen molar-refractivity contribution in [3.63, 3.8) is 0 Å². The second-order valence-electron chi connectivity index (χ2n) is 9.51. The van der Waals surface area contributed by atoms with E-state index >= 15 is 0 Å². The molecule has 0 saturated heterocycles. The van der Waals surface area contributed by atoms with Crippen molar-refractivity contribution in [2.24, 2.45) is 17.4 Å². The maximum atomic E-state index is 13.1. The van der Waals surface area contributed by atoms with E-state index in [0.717, 1.165) is 0 Å². The number of nitrogens with two attached hydrogens (primary N) is 2. The van der Waals surface area contributed by atoms with Gasteiger partial charge < -0.3 is 42.7 Å². The minimum Gasteiger partial charge on any atom is -0.508 e. The van der Waals surface area contributed by atoms with Crippen molar-refractivity contribution in [2.75, 3.05) is 6.54 Å². The van der Waals surface area contributed by atoms with Crippen LogP contribution in [-0.2, 0) is 30.4 Å². The van der Waals surface area contributed by atoms with Gasteiger partial charge in [-0.2, -0.15) is 0 Å². The largest absolute Gasteiger partial charge is 0.508 e. The Balaban J connectivity index is 3.12. The molecule has 0 bridgehead atoms. The predicted octanol–water partition coefficient (Wildman–Crippen LogP) is -0.549. The Morgan fingerprint density at radius 3 is 1.92 bits per heavy atom. The van der Waals surface area contributed by atoms with E-state index in [9.17, 15) is 39.3 Å². The molecule has 0 aromatic heterocycles. The zero-order valence-corrected chi connectivity index (χ0v) is 21.7. The van der Waals surface area contributed by atoms with Crippen molar-refractivity contribution in [3.8, 4) is 5.75 Å². The molecule has 0 fully saturated rings. The minimum atomic E-state index is -1.54. The topological polar surface area (TPSA) is 234 Å². The zero-order valence-electron chi connectivity index (χ0n) is 21.7. The fourth-order valence-corrected chi connectivity index (χ4v) is 3.62. The molecule has 0 saturated carbocycles. The number of amides is 3. The van der Waals surface area contributed by atoms with Crippen molar-refractivity contribution in [2.45, 2.75) is 76.5 Å². The van der Waals surface area contributed by atoms with E-state index in [1.54, 1.807) is 13.8 Å². The van der Waals surface area contributed by atoms with Crippen molar-refractivity contribution < 1.29 is 39.3 Å². The Labute approximate surface area is 221 Å². The van der Waals surface area contributed by atoms with E-state index in [0.29, 0.717) is 24.9 Å². The molecule has 38 heavy (non-hydrogen) atoms. The highest BCUT2D eigenvalue weighted by Gasteiger charge is 2.31. The average Bonchev–Trinajstić information content (AvgIpc) is 2.83. The summed E-state index contributed by atoms with van der Waals surface area (Å²) < 4.78 is 0. The van der Waals surface area contributed by atoms with Gasteiger partial charge in [-0.15, -0.1) is 0 Å².